The monoisotopic (exact) mass is 249 g/mol. The van der Waals surface area contributed by atoms with Gasteiger partial charge in [-0.25, -0.2) is 4.98 Å². The Morgan fingerprint density at radius 2 is 2.00 bits per heavy atom. The first-order valence-corrected chi connectivity index (χ1v) is 6.19. The maximum atomic E-state index is 5.76. The fraction of sp³-hybridized carbons (Fsp3) is 0.333. The number of pyridine rings is 1. The Hall–Kier alpha value is -1.33. The second kappa shape index (κ2) is 4.89. The molecule has 2 heterocycles. The van der Waals surface area contributed by atoms with Gasteiger partial charge in [0.15, 0.2) is 0 Å². The van der Waals surface area contributed by atoms with Crippen molar-refractivity contribution in [3.05, 3.63) is 35.0 Å². The normalized spacial score (nSPS) is 10.8. The number of nitrogens with two attached hydrogens (primary N) is 1. The van der Waals surface area contributed by atoms with Gasteiger partial charge in [-0.15, -0.1) is 0 Å². The summed E-state index contributed by atoms with van der Waals surface area (Å²) in [5.74, 6) is 0. The minimum Gasteiger partial charge on any atom is -0.439 e. The van der Waals surface area contributed by atoms with Crippen molar-refractivity contribution in [2.75, 3.05) is 0 Å². The van der Waals surface area contributed by atoms with Crippen molar-refractivity contribution in [2.45, 2.75) is 37.4 Å². The van der Waals surface area contributed by atoms with Gasteiger partial charge < -0.3 is 10.2 Å². The van der Waals surface area contributed by atoms with Crippen LogP contribution in [-0.4, -0.2) is 9.97 Å². The van der Waals surface area contributed by atoms with Crippen LogP contribution < -0.4 is 5.73 Å². The molecule has 0 aromatic carbocycles. The molecule has 0 saturated carbocycles. The maximum Gasteiger partial charge on any atom is 0.260 e. The molecule has 0 aliphatic heterocycles. The summed E-state index contributed by atoms with van der Waals surface area (Å²) in [4.78, 5) is 9.75. The highest BCUT2D eigenvalue weighted by Gasteiger charge is 2.11. The lowest BCUT2D eigenvalue weighted by Crippen LogP contribution is -2.04. The molecule has 2 aromatic heterocycles. The van der Waals surface area contributed by atoms with Crippen molar-refractivity contribution < 1.29 is 4.42 Å². The molecule has 0 radical (unpaired) electrons. The number of aryl methyl sites for hydroxylation is 3. The second-order valence-electron chi connectivity index (χ2n) is 3.89. The average molecular weight is 249 g/mol. The minimum absolute atomic E-state index is 0.473. The summed E-state index contributed by atoms with van der Waals surface area (Å²) in [5, 5.41) is 0.641. The van der Waals surface area contributed by atoms with Crippen molar-refractivity contribution in [2.24, 2.45) is 5.73 Å². The molecular formula is C12H15N3OS. The highest BCUT2D eigenvalue weighted by Crippen LogP contribution is 2.31. The maximum absolute atomic E-state index is 5.76. The van der Waals surface area contributed by atoms with Crippen molar-refractivity contribution in [1.82, 2.24) is 9.97 Å². The Morgan fingerprint density at radius 3 is 2.59 bits per heavy atom. The van der Waals surface area contributed by atoms with Gasteiger partial charge in [0.25, 0.3) is 5.22 Å². The predicted molar refractivity (Wildman–Crippen MR) is 67.0 cm³/mol. The van der Waals surface area contributed by atoms with E-state index in [9.17, 15) is 0 Å². The smallest absolute Gasteiger partial charge is 0.260 e. The number of aromatic nitrogens is 2. The lowest BCUT2D eigenvalue weighted by atomic mass is 10.2. The molecule has 4 nitrogen and oxygen atoms in total. The van der Waals surface area contributed by atoms with Gasteiger partial charge in [-0.05, 0) is 38.6 Å². The molecule has 0 fully saturated rings. The van der Waals surface area contributed by atoms with Gasteiger partial charge in [0.1, 0.15) is 6.26 Å². The zero-order valence-corrected chi connectivity index (χ0v) is 11.0. The summed E-state index contributed by atoms with van der Waals surface area (Å²) in [7, 11) is 0. The van der Waals surface area contributed by atoms with Gasteiger partial charge in [0.2, 0.25) is 0 Å². The van der Waals surface area contributed by atoms with Crippen LogP contribution in [0, 0.1) is 20.8 Å². The van der Waals surface area contributed by atoms with Crippen molar-refractivity contribution in [3.8, 4) is 0 Å². The van der Waals surface area contributed by atoms with Crippen LogP contribution in [0.15, 0.2) is 26.9 Å². The molecule has 2 rings (SSSR count). The van der Waals surface area contributed by atoms with Crippen LogP contribution in [0.5, 0.6) is 0 Å². The Balaban J connectivity index is 2.37. The number of nitrogens with zero attached hydrogens (tertiary/aromatic N) is 2. The molecule has 2 aromatic rings. The first-order valence-electron chi connectivity index (χ1n) is 5.37. The van der Waals surface area contributed by atoms with Crippen LogP contribution in [0.3, 0.4) is 0 Å². The molecule has 0 atom stereocenters. The van der Waals surface area contributed by atoms with E-state index in [-0.39, 0.29) is 0 Å². The summed E-state index contributed by atoms with van der Waals surface area (Å²) >= 11 is 1.49. The third kappa shape index (κ3) is 2.68. The number of hydrogen-bond donors (Lipinski definition) is 1. The van der Waals surface area contributed by atoms with E-state index in [4.69, 9.17) is 10.2 Å². The minimum atomic E-state index is 0.473. The van der Waals surface area contributed by atoms with Crippen LogP contribution in [0.4, 0.5) is 0 Å². The van der Waals surface area contributed by atoms with Crippen LogP contribution in [0.2, 0.25) is 0 Å². The summed E-state index contributed by atoms with van der Waals surface area (Å²) < 4.78 is 5.34. The zero-order valence-electron chi connectivity index (χ0n) is 10.2. The number of hydrogen-bond acceptors (Lipinski definition) is 5. The van der Waals surface area contributed by atoms with Gasteiger partial charge in [-0.2, -0.15) is 0 Å². The van der Waals surface area contributed by atoms with Crippen molar-refractivity contribution in [3.63, 3.8) is 0 Å². The molecule has 0 bridgehead atoms. The Kier molecular flexibility index (Phi) is 3.49. The van der Waals surface area contributed by atoms with Gasteiger partial charge >= 0.3 is 0 Å². The average Bonchev–Trinajstić information content (AvgIpc) is 2.63. The van der Waals surface area contributed by atoms with Crippen LogP contribution in [-0.2, 0) is 6.54 Å². The van der Waals surface area contributed by atoms with Gasteiger partial charge in [-0.3, -0.25) is 4.98 Å². The molecule has 0 amide bonds. The third-order valence-electron chi connectivity index (χ3n) is 2.42. The van der Waals surface area contributed by atoms with E-state index in [2.05, 4.69) is 9.97 Å². The summed E-state index contributed by atoms with van der Waals surface area (Å²) in [6.07, 6.45) is 1.64. The van der Waals surface area contributed by atoms with Gasteiger partial charge in [0, 0.05) is 28.4 Å². The number of oxazole rings is 1. The second-order valence-corrected chi connectivity index (χ2v) is 4.88. The van der Waals surface area contributed by atoms with E-state index >= 15 is 0 Å². The summed E-state index contributed by atoms with van der Waals surface area (Å²) in [6.45, 7) is 6.32. The summed E-state index contributed by atoms with van der Waals surface area (Å²) in [5.41, 5.74) is 9.64. The van der Waals surface area contributed by atoms with Crippen molar-refractivity contribution in [1.29, 1.82) is 0 Å². The van der Waals surface area contributed by atoms with Crippen LogP contribution in [0.25, 0.3) is 0 Å². The van der Waals surface area contributed by atoms with E-state index in [1.807, 2.05) is 26.8 Å². The van der Waals surface area contributed by atoms with Gasteiger partial charge in [-0.1, -0.05) is 0 Å². The van der Waals surface area contributed by atoms with E-state index in [0.29, 0.717) is 11.8 Å². The zero-order chi connectivity index (χ0) is 12.4. The Bertz CT molecular complexity index is 537. The fourth-order valence-corrected chi connectivity index (χ4v) is 2.69. The van der Waals surface area contributed by atoms with E-state index < -0.39 is 0 Å². The topological polar surface area (TPSA) is 64.9 Å². The largest absolute Gasteiger partial charge is 0.439 e. The SMILES string of the molecule is Cc1coc(Sc2cc(C)nc(C)c2CN)n1. The standard InChI is InChI=1S/C12H15N3OS/c1-7-4-11(10(5-13)9(3)14-7)17-12-15-8(2)6-16-12/h4,6H,5,13H2,1-3H3. The third-order valence-corrected chi connectivity index (χ3v) is 3.36. The molecule has 0 aliphatic carbocycles. The quantitative estimate of drug-likeness (QED) is 0.905. The summed E-state index contributed by atoms with van der Waals surface area (Å²) in [6, 6.07) is 2.01. The van der Waals surface area contributed by atoms with E-state index in [1.54, 1.807) is 6.26 Å². The first kappa shape index (κ1) is 12.1. The molecule has 2 N–H and O–H groups in total. The molecule has 90 valence electrons. The molecule has 0 saturated heterocycles. The fourth-order valence-electron chi connectivity index (χ4n) is 1.63. The Labute approximate surface area is 105 Å². The highest BCUT2D eigenvalue weighted by molar-refractivity contribution is 7.99. The number of rotatable bonds is 3. The predicted octanol–water partition coefficient (Wildman–Crippen LogP) is 2.60. The van der Waals surface area contributed by atoms with Crippen LogP contribution in [0.1, 0.15) is 22.6 Å². The van der Waals surface area contributed by atoms with E-state index in [1.165, 1.54) is 11.8 Å². The molecule has 17 heavy (non-hydrogen) atoms. The highest BCUT2D eigenvalue weighted by atomic mass is 32.2. The first-order chi connectivity index (χ1) is 8.10. The lowest BCUT2D eigenvalue weighted by Gasteiger charge is -2.09. The van der Waals surface area contributed by atoms with Crippen molar-refractivity contribution >= 4 is 11.8 Å². The molecule has 5 heteroatoms. The molecule has 0 unspecified atom stereocenters. The lowest BCUT2D eigenvalue weighted by molar-refractivity contribution is 0.454. The van der Waals surface area contributed by atoms with Crippen LogP contribution >= 0.6 is 11.8 Å². The molecular weight excluding hydrogens is 234 g/mol. The van der Waals surface area contributed by atoms with E-state index in [0.717, 1.165) is 27.5 Å². The molecule has 0 aliphatic rings. The molecule has 0 spiro atoms. The van der Waals surface area contributed by atoms with Gasteiger partial charge in [0.05, 0.1) is 5.69 Å². The Morgan fingerprint density at radius 1 is 1.24 bits per heavy atom.